The third kappa shape index (κ3) is 5.00. The van der Waals surface area contributed by atoms with Crippen molar-refractivity contribution in [1.82, 2.24) is 19.7 Å². The zero-order valence-corrected chi connectivity index (χ0v) is 23.7. The maximum atomic E-state index is 15.7. The van der Waals surface area contributed by atoms with Crippen molar-refractivity contribution in [1.29, 1.82) is 5.26 Å². The number of rotatable bonds is 7. The smallest absolute Gasteiger partial charge is 0.316 e. The number of halogens is 2. The molecule has 1 aliphatic heterocycles. The molecule has 4 aromatic rings. The molecule has 2 amide bonds. The summed E-state index contributed by atoms with van der Waals surface area (Å²) in [5.41, 5.74) is 2.14. The summed E-state index contributed by atoms with van der Waals surface area (Å²) in [6, 6.07) is 13.6. The first-order valence-corrected chi connectivity index (χ1v) is 13.6. The van der Waals surface area contributed by atoms with Crippen molar-refractivity contribution in [3.63, 3.8) is 0 Å². The average Bonchev–Trinajstić information content (AvgIpc) is 3.41. The van der Waals surface area contributed by atoms with Crippen molar-refractivity contribution in [2.45, 2.75) is 59.0 Å². The Bertz CT molecular complexity index is 1720. The Labute approximate surface area is 241 Å². The molecule has 0 spiro atoms. The van der Waals surface area contributed by atoms with Crippen molar-refractivity contribution in [2.75, 3.05) is 10.2 Å². The summed E-state index contributed by atoms with van der Waals surface area (Å²) >= 11 is 0. The first-order chi connectivity index (χ1) is 20.1. The van der Waals surface area contributed by atoms with Crippen LogP contribution in [0.5, 0.6) is 0 Å². The maximum Gasteiger partial charge on any atom is 0.316 e. The number of amides is 2. The zero-order chi connectivity index (χ0) is 30.2. The highest BCUT2D eigenvalue weighted by molar-refractivity contribution is 6.15. The topological polar surface area (TPSA) is 117 Å². The lowest BCUT2D eigenvalue weighted by atomic mass is 10.0. The van der Waals surface area contributed by atoms with Crippen molar-refractivity contribution in [2.24, 2.45) is 0 Å². The number of nitriles is 1. The largest absolute Gasteiger partial charge is 0.322 e. The van der Waals surface area contributed by atoms with E-state index in [1.807, 2.05) is 26.8 Å². The molecule has 2 aromatic carbocycles. The normalized spacial score (nSPS) is 14.8. The van der Waals surface area contributed by atoms with Gasteiger partial charge in [-0.1, -0.05) is 32.0 Å². The van der Waals surface area contributed by atoms with Crippen LogP contribution in [0, 0.1) is 18.3 Å². The summed E-state index contributed by atoms with van der Waals surface area (Å²) in [7, 11) is 0. The summed E-state index contributed by atoms with van der Waals surface area (Å²) in [5, 5.41) is 16.1. The van der Waals surface area contributed by atoms with Crippen LogP contribution < -0.4 is 10.2 Å². The number of anilines is 2. The standard InChI is InChI=1S/C31H29F2N7O2/c1-5-25-26(6-2)38-28(19(4)36-25)31(32,33)21-10-12-23(13-11-21)40-18(3)17-39-27(30(40)42)24(16-35-39)29(41)37-22-9-7-8-20(14-22)15-34/h7-14,16,18H,5-6,17H2,1-4H3,(H,37,41)/t18-/m0/s1. The quantitative estimate of drug-likeness (QED) is 0.318. The summed E-state index contributed by atoms with van der Waals surface area (Å²) in [6.45, 7) is 7.43. The van der Waals surface area contributed by atoms with E-state index in [-0.39, 0.29) is 34.3 Å². The Hall–Kier alpha value is -4.98. The lowest BCUT2D eigenvalue weighted by Gasteiger charge is -2.34. The van der Waals surface area contributed by atoms with E-state index >= 15 is 8.78 Å². The number of hydrogen-bond donors (Lipinski definition) is 1. The third-order valence-corrected chi connectivity index (χ3v) is 7.33. The van der Waals surface area contributed by atoms with Gasteiger partial charge in [-0.3, -0.25) is 19.3 Å². The van der Waals surface area contributed by atoms with Gasteiger partial charge in [0.2, 0.25) is 0 Å². The zero-order valence-electron chi connectivity index (χ0n) is 23.7. The SMILES string of the molecule is CCc1nc(C)c(C(F)(F)c2ccc(N3C(=O)c4c(C(=O)Nc5cccc(C#N)c5)cnn4C[C@@H]3C)cc2)nc1CC. The summed E-state index contributed by atoms with van der Waals surface area (Å²) in [6.07, 6.45) is 2.43. The molecule has 0 aliphatic carbocycles. The van der Waals surface area contributed by atoms with Gasteiger partial charge >= 0.3 is 5.92 Å². The average molecular weight is 570 g/mol. The molecular formula is C31H29F2N7O2. The van der Waals surface area contributed by atoms with Crippen LogP contribution in [0.25, 0.3) is 0 Å². The number of fused-ring (bicyclic) bond motifs is 1. The predicted octanol–water partition coefficient (Wildman–Crippen LogP) is 5.42. The number of carbonyl (C=O) groups is 2. The predicted molar refractivity (Wildman–Crippen MR) is 153 cm³/mol. The van der Waals surface area contributed by atoms with Gasteiger partial charge in [-0.25, -0.2) is 4.98 Å². The summed E-state index contributed by atoms with van der Waals surface area (Å²) in [5.74, 6) is -4.43. The van der Waals surface area contributed by atoms with Gasteiger partial charge in [0.1, 0.15) is 11.4 Å². The number of hydrogen-bond acceptors (Lipinski definition) is 6. The second-order valence-corrected chi connectivity index (χ2v) is 10.1. The number of nitrogens with zero attached hydrogens (tertiary/aromatic N) is 6. The molecule has 0 saturated heterocycles. The number of nitrogens with one attached hydrogen (secondary N) is 1. The Balaban J connectivity index is 1.43. The van der Waals surface area contributed by atoms with Gasteiger partial charge in [-0.2, -0.15) is 19.1 Å². The monoisotopic (exact) mass is 569 g/mol. The van der Waals surface area contributed by atoms with Crippen LogP contribution in [0.3, 0.4) is 0 Å². The second-order valence-electron chi connectivity index (χ2n) is 10.1. The Morgan fingerprint density at radius 2 is 1.81 bits per heavy atom. The van der Waals surface area contributed by atoms with Crippen LogP contribution in [-0.2, 0) is 25.3 Å². The number of aromatic nitrogens is 4. The van der Waals surface area contributed by atoms with E-state index in [4.69, 9.17) is 5.26 Å². The van der Waals surface area contributed by atoms with Gasteiger partial charge in [-0.05, 0) is 57.0 Å². The summed E-state index contributed by atoms with van der Waals surface area (Å²) in [4.78, 5) is 37.0. The number of aryl methyl sites for hydroxylation is 3. The van der Waals surface area contributed by atoms with Gasteiger partial charge in [0.25, 0.3) is 11.8 Å². The van der Waals surface area contributed by atoms with Gasteiger partial charge in [0.05, 0.1) is 53.1 Å². The first kappa shape index (κ1) is 28.5. The molecule has 0 bridgehead atoms. The molecule has 5 rings (SSSR count). The molecule has 214 valence electrons. The molecule has 3 heterocycles. The fraction of sp³-hybridized carbons (Fsp3) is 0.290. The summed E-state index contributed by atoms with van der Waals surface area (Å²) < 4.78 is 32.9. The lowest BCUT2D eigenvalue weighted by Crippen LogP contribution is -2.47. The van der Waals surface area contributed by atoms with E-state index in [0.29, 0.717) is 47.7 Å². The fourth-order valence-electron chi connectivity index (χ4n) is 5.23. The van der Waals surface area contributed by atoms with E-state index in [1.165, 1.54) is 53.0 Å². The number of alkyl halides is 2. The highest BCUT2D eigenvalue weighted by Crippen LogP contribution is 2.38. The van der Waals surface area contributed by atoms with Crippen LogP contribution in [0.4, 0.5) is 20.2 Å². The van der Waals surface area contributed by atoms with Gasteiger partial charge < -0.3 is 10.2 Å². The lowest BCUT2D eigenvalue weighted by molar-refractivity contribution is 0.0365. The van der Waals surface area contributed by atoms with Crippen molar-refractivity contribution in [3.8, 4) is 6.07 Å². The molecule has 11 heteroatoms. The molecule has 1 N–H and O–H groups in total. The highest BCUT2D eigenvalue weighted by Gasteiger charge is 2.40. The van der Waals surface area contributed by atoms with Crippen LogP contribution in [0.2, 0.25) is 0 Å². The van der Waals surface area contributed by atoms with Gasteiger partial charge in [-0.15, -0.1) is 0 Å². The van der Waals surface area contributed by atoms with E-state index in [1.54, 1.807) is 18.2 Å². The van der Waals surface area contributed by atoms with Crippen LogP contribution in [0.1, 0.15) is 75.5 Å². The third-order valence-electron chi connectivity index (χ3n) is 7.33. The molecular weight excluding hydrogens is 540 g/mol. The van der Waals surface area contributed by atoms with Crippen LogP contribution >= 0.6 is 0 Å². The second kappa shape index (κ2) is 11.1. The Morgan fingerprint density at radius 3 is 2.48 bits per heavy atom. The maximum absolute atomic E-state index is 15.7. The molecule has 0 radical (unpaired) electrons. The minimum atomic E-state index is -3.39. The molecule has 42 heavy (non-hydrogen) atoms. The molecule has 0 saturated carbocycles. The van der Waals surface area contributed by atoms with E-state index in [2.05, 4.69) is 20.4 Å². The minimum absolute atomic E-state index is 0.0683. The number of benzene rings is 2. The van der Waals surface area contributed by atoms with Crippen molar-refractivity contribution >= 4 is 23.2 Å². The number of carbonyl (C=O) groups excluding carboxylic acids is 2. The molecule has 2 aromatic heterocycles. The van der Waals surface area contributed by atoms with Crippen LogP contribution in [-0.4, -0.2) is 37.6 Å². The Morgan fingerprint density at radius 1 is 1.12 bits per heavy atom. The van der Waals surface area contributed by atoms with Crippen molar-refractivity contribution in [3.05, 3.63) is 99.9 Å². The Kier molecular flexibility index (Phi) is 7.56. The van der Waals surface area contributed by atoms with Gasteiger partial charge in [0, 0.05) is 16.9 Å². The van der Waals surface area contributed by atoms with E-state index < -0.39 is 17.7 Å². The van der Waals surface area contributed by atoms with Crippen molar-refractivity contribution < 1.29 is 18.4 Å². The van der Waals surface area contributed by atoms with E-state index in [0.717, 1.165) is 0 Å². The first-order valence-electron chi connectivity index (χ1n) is 13.6. The van der Waals surface area contributed by atoms with E-state index in [9.17, 15) is 9.59 Å². The minimum Gasteiger partial charge on any atom is -0.322 e. The van der Waals surface area contributed by atoms with Crippen LogP contribution in [0.15, 0.2) is 54.7 Å². The molecule has 1 aliphatic rings. The fourth-order valence-corrected chi connectivity index (χ4v) is 5.23. The molecule has 9 nitrogen and oxygen atoms in total. The van der Waals surface area contributed by atoms with Gasteiger partial charge in [0.15, 0.2) is 0 Å². The molecule has 0 fully saturated rings. The highest BCUT2D eigenvalue weighted by atomic mass is 19.3. The molecule has 1 atom stereocenters. The molecule has 0 unspecified atom stereocenters.